The largest absolute Gasteiger partial charge is 0.373 e. The van der Waals surface area contributed by atoms with Gasteiger partial charge in [0, 0.05) is 25.7 Å². The van der Waals surface area contributed by atoms with Crippen LogP contribution in [-0.4, -0.2) is 42.6 Å². The second-order valence-electron chi connectivity index (χ2n) is 4.71. The minimum Gasteiger partial charge on any atom is -0.373 e. The van der Waals surface area contributed by atoms with Crippen LogP contribution in [0.1, 0.15) is 26.3 Å². The van der Waals surface area contributed by atoms with Crippen molar-refractivity contribution in [2.45, 2.75) is 33.2 Å². The Morgan fingerprint density at radius 1 is 1.42 bits per heavy atom. The number of aromatic nitrogens is 2. The molecule has 6 heteroatoms. The molecule has 0 aliphatic rings. The van der Waals surface area contributed by atoms with Gasteiger partial charge in [-0.2, -0.15) is 0 Å². The van der Waals surface area contributed by atoms with Crippen molar-refractivity contribution in [1.82, 2.24) is 15.3 Å². The SMILES string of the molecule is CCc1c(NC)ncnc1N(C)CC(=O)NC(C)C. The van der Waals surface area contributed by atoms with E-state index in [4.69, 9.17) is 0 Å². The van der Waals surface area contributed by atoms with Gasteiger partial charge in [0.15, 0.2) is 0 Å². The highest BCUT2D eigenvalue weighted by Gasteiger charge is 2.15. The highest BCUT2D eigenvalue weighted by molar-refractivity contribution is 5.81. The molecule has 0 aliphatic carbocycles. The Bertz CT molecular complexity index is 433. The number of nitrogens with one attached hydrogen (secondary N) is 2. The van der Waals surface area contributed by atoms with Gasteiger partial charge in [-0.25, -0.2) is 9.97 Å². The number of rotatable bonds is 6. The van der Waals surface area contributed by atoms with Gasteiger partial charge in [0.1, 0.15) is 18.0 Å². The average molecular weight is 265 g/mol. The highest BCUT2D eigenvalue weighted by atomic mass is 16.2. The topological polar surface area (TPSA) is 70.2 Å². The van der Waals surface area contributed by atoms with Gasteiger partial charge in [-0.15, -0.1) is 0 Å². The van der Waals surface area contributed by atoms with Crippen molar-refractivity contribution in [3.63, 3.8) is 0 Å². The third kappa shape index (κ3) is 4.08. The second kappa shape index (κ2) is 6.92. The summed E-state index contributed by atoms with van der Waals surface area (Å²) in [5.74, 6) is 1.59. The maximum Gasteiger partial charge on any atom is 0.239 e. The Kier molecular flexibility index (Phi) is 5.54. The quantitative estimate of drug-likeness (QED) is 0.804. The van der Waals surface area contributed by atoms with Crippen molar-refractivity contribution in [3.05, 3.63) is 11.9 Å². The molecule has 1 aromatic heterocycles. The smallest absolute Gasteiger partial charge is 0.239 e. The molecule has 0 fully saturated rings. The molecule has 0 aliphatic heterocycles. The number of hydrogen-bond donors (Lipinski definition) is 2. The molecule has 1 heterocycles. The predicted octanol–water partition coefficient (Wildman–Crippen LogP) is 1.04. The van der Waals surface area contributed by atoms with Crippen molar-refractivity contribution in [3.8, 4) is 0 Å². The Balaban J connectivity index is 2.87. The fraction of sp³-hybridized carbons (Fsp3) is 0.615. The van der Waals surface area contributed by atoms with Gasteiger partial charge in [0.25, 0.3) is 0 Å². The van der Waals surface area contributed by atoms with E-state index < -0.39 is 0 Å². The zero-order chi connectivity index (χ0) is 14.4. The first-order valence-electron chi connectivity index (χ1n) is 6.51. The molecule has 1 aromatic rings. The monoisotopic (exact) mass is 265 g/mol. The Morgan fingerprint density at radius 3 is 2.63 bits per heavy atom. The number of anilines is 2. The number of carbonyl (C=O) groups excluding carboxylic acids is 1. The van der Waals surface area contributed by atoms with Crippen LogP contribution in [-0.2, 0) is 11.2 Å². The average Bonchev–Trinajstić information content (AvgIpc) is 2.36. The number of likely N-dealkylation sites (N-methyl/N-ethyl adjacent to an activating group) is 1. The van der Waals surface area contributed by atoms with E-state index in [0.717, 1.165) is 23.6 Å². The lowest BCUT2D eigenvalue weighted by molar-refractivity contribution is -0.120. The van der Waals surface area contributed by atoms with Gasteiger partial charge in [-0.3, -0.25) is 4.79 Å². The number of carbonyl (C=O) groups is 1. The van der Waals surface area contributed by atoms with E-state index >= 15 is 0 Å². The molecule has 0 radical (unpaired) electrons. The minimum atomic E-state index is -0.0100. The van der Waals surface area contributed by atoms with E-state index in [-0.39, 0.29) is 18.5 Å². The number of nitrogens with zero attached hydrogens (tertiary/aromatic N) is 3. The van der Waals surface area contributed by atoms with Gasteiger partial charge in [-0.05, 0) is 20.3 Å². The third-order valence-electron chi connectivity index (χ3n) is 2.70. The summed E-state index contributed by atoms with van der Waals surface area (Å²) < 4.78 is 0. The lowest BCUT2D eigenvalue weighted by Crippen LogP contribution is -2.39. The number of hydrogen-bond acceptors (Lipinski definition) is 5. The summed E-state index contributed by atoms with van der Waals surface area (Å²) in [7, 11) is 3.69. The van der Waals surface area contributed by atoms with E-state index in [1.54, 1.807) is 0 Å². The van der Waals surface area contributed by atoms with Crippen LogP contribution < -0.4 is 15.5 Å². The van der Waals surface area contributed by atoms with Gasteiger partial charge in [-0.1, -0.05) is 6.92 Å². The first kappa shape index (κ1) is 15.2. The summed E-state index contributed by atoms with van der Waals surface area (Å²) in [6.07, 6.45) is 2.32. The van der Waals surface area contributed by atoms with Crippen molar-refractivity contribution < 1.29 is 4.79 Å². The van der Waals surface area contributed by atoms with Crippen LogP contribution in [0.25, 0.3) is 0 Å². The molecule has 0 saturated carbocycles. The zero-order valence-electron chi connectivity index (χ0n) is 12.3. The molecule has 0 unspecified atom stereocenters. The molecule has 19 heavy (non-hydrogen) atoms. The first-order chi connectivity index (χ1) is 8.99. The third-order valence-corrected chi connectivity index (χ3v) is 2.70. The summed E-state index contributed by atoms with van der Waals surface area (Å²) in [5, 5.41) is 5.92. The Labute approximate surface area is 114 Å². The molecule has 0 atom stereocenters. The molecule has 106 valence electrons. The van der Waals surface area contributed by atoms with Crippen LogP contribution in [0.4, 0.5) is 11.6 Å². The predicted molar refractivity (Wildman–Crippen MR) is 77.5 cm³/mol. The fourth-order valence-corrected chi connectivity index (χ4v) is 1.93. The van der Waals surface area contributed by atoms with Crippen molar-refractivity contribution in [2.75, 3.05) is 30.9 Å². The van der Waals surface area contributed by atoms with E-state index in [2.05, 4.69) is 20.6 Å². The molecule has 6 nitrogen and oxygen atoms in total. The summed E-state index contributed by atoms with van der Waals surface area (Å²) in [5.41, 5.74) is 1.02. The van der Waals surface area contributed by atoms with Crippen LogP contribution in [0.3, 0.4) is 0 Å². The molecular weight excluding hydrogens is 242 g/mol. The van der Waals surface area contributed by atoms with Crippen LogP contribution in [0, 0.1) is 0 Å². The van der Waals surface area contributed by atoms with E-state index in [1.165, 1.54) is 6.33 Å². The van der Waals surface area contributed by atoms with E-state index in [0.29, 0.717) is 0 Å². The van der Waals surface area contributed by atoms with Gasteiger partial charge in [0.05, 0.1) is 6.54 Å². The zero-order valence-corrected chi connectivity index (χ0v) is 12.3. The second-order valence-corrected chi connectivity index (χ2v) is 4.71. The lowest BCUT2D eigenvalue weighted by Gasteiger charge is -2.22. The minimum absolute atomic E-state index is 0.0100. The Morgan fingerprint density at radius 2 is 2.11 bits per heavy atom. The standard InChI is InChI=1S/C13H23N5O/c1-6-10-12(14-4)15-8-16-13(10)18(5)7-11(19)17-9(2)3/h8-9H,6-7H2,1-5H3,(H,17,19)(H,14,15,16). The molecule has 0 saturated heterocycles. The molecule has 0 bridgehead atoms. The Hall–Kier alpha value is -1.85. The van der Waals surface area contributed by atoms with Crippen molar-refractivity contribution in [2.24, 2.45) is 0 Å². The van der Waals surface area contributed by atoms with Crippen molar-refractivity contribution >= 4 is 17.5 Å². The molecule has 0 spiro atoms. The van der Waals surface area contributed by atoms with E-state index in [9.17, 15) is 4.79 Å². The van der Waals surface area contributed by atoms with Crippen LogP contribution in [0.15, 0.2) is 6.33 Å². The van der Waals surface area contributed by atoms with Crippen LogP contribution in [0.2, 0.25) is 0 Å². The molecule has 1 amide bonds. The van der Waals surface area contributed by atoms with Gasteiger partial charge in [0.2, 0.25) is 5.91 Å². The number of amides is 1. The summed E-state index contributed by atoms with van der Waals surface area (Å²) in [4.78, 5) is 22.1. The lowest BCUT2D eigenvalue weighted by atomic mass is 10.2. The first-order valence-corrected chi connectivity index (χ1v) is 6.51. The maximum atomic E-state index is 11.8. The molecule has 1 rings (SSSR count). The summed E-state index contributed by atoms with van der Waals surface area (Å²) in [6, 6.07) is 0.143. The molecule has 2 N–H and O–H groups in total. The highest BCUT2D eigenvalue weighted by Crippen LogP contribution is 2.22. The van der Waals surface area contributed by atoms with Gasteiger partial charge < -0.3 is 15.5 Å². The van der Waals surface area contributed by atoms with Crippen molar-refractivity contribution in [1.29, 1.82) is 0 Å². The maximum absolute atomic E-state index is 11.8. The summed E-state index contributed by atoms with van der Waals surface area (Å²) in [6.45, 7) is 6.22. The normalized spacial score (nSPS) is 10.4. The molecular formula is C13H23N5O. The van der Waals surface area contributed by atoms with Crippen LogP contribution in [0.5, 0.6) is 0 Å². The summed E-state index contributed by atoms with van der Waals surface area (Å²) >= 11 is 0. The van der Waals surface area contributed by atoms with Crippen LogP contribution >= 0.6 is 0 Å². The van der Waals surface area contributed by atoms with Gasteiger partial charge >= 0.3 is 0 Å². The van der Waals surface area contributed by atoms with E-state index in [1.807, 2.05) is 39.8 Å². The fourth-order valence-electron chi connectivity index (χ4n) is 1.93. The molecule has 0 aromatic carbocycles.